The number of benzene rings is 1. The standard InChI is InChI=1S/C21H30FN5O.HI/c1-23-21(25-12-10-20(28)27-17-5-3-2-4-6-17)24-11-9-15-14-26-19-8-7-16(22)13-18(15)19;/h7-8,13-14,17,26H,2-6,9-12H2,1H3,(H,27,28)(H2,23,24,25);1H. The number of halogens is 2. The summed E-state index contributed by atoms with van der Waals surface area (Å²) in [5, 5.41) is 10.4. The zero-order valence-corrected chi connectivity index (χ0v) is 19.2. The van der Waals surface area contributed by atoms with Crippen LogP contribution in [0, 0.1) is 5.82 Å². The van der Waals surface area contributed by atoms with E-state index in [2.05, 4.69) is 25.9 Å². The van der Waals surface area contributed by atoms with Crippen LogP contribution >= 0.6 is 24.0 Å². The second-order valence-electron chi connectivity index (χ2n) is 7.33. The SMILES string of the molecule is CN=C(NCCC(=O)NC1CCCCC1)NCCc1c[nH]c2ccc(F)cc12.I. The van der Waals surface area contributed by atoms with Gasteiger partial charge in [0, 0.05) is 49.7 Å². The molecule has 1 fully saturated rings. The molecule has 160 valence electrons. The minimum absolute atomic E-state index is 0. The van der Waals surface area contributed by atoms with Crippen molar-refractivity contribution in [3.05, 3.63) is 35.8 Å². The van der Waals surface area contributed by atoms with Gasteiger partial charge < -0.3 is 20.9 Å². The van der Waals surface area contributed by atoms with Crippen molar-refractivity contribution in [2.24, 2.45) is 4.99 Å². The lowest BCUT2D eigenvalue weighted by atomic mass is 9.95. The Bertz CT molecular complexity index is 817. The number of aliphatic imine (C=N–C) groups is 1. The Balaban J connectivity index is 0.00000300. The molecule has 0 spiro atoms. The number of hydrogen-bond donors (Lipinski definition) is 4. The molecule has 1 aromatic heterocycles. The summed E-state index contributed by atoms with van der Waals surface area (Å²) < 4.78 is 13.5. The summed E-state index contributed by atoms with van der Waals surface area (Å²) in [7, 11) is 1.71. The molecular formula is C21H31FIN5O. The second kappa shape index (κ2) is 12.0. The Morgan fingerprint density at radius 3 is 2.72 bits per heavy atom. The first-order valence-electron chi connectivity index (χ1n) is 10.1. The molecule has 1 aliphatic carbocycles. The van der Waals surface area contributed by atoms with Gasteiger partial charge in [-0.25, -0.2) is 4.39 Å². The molecule has 0 saturated heterocycles. The molecule has 1 aromatic carbocycles. The summed E-state index contributed by atoms with van der Waals surface area (Å²) in [6, 6.07) is 5.11. The molecule has 1 saturated carbocycles. The van der Waals surface area contributed by atoms with Gasteiger partial charge in [-0.1, -0.05) is 19.3 Å². The fourth-order valence-electron chi connectivity index (χ4n) is 3.73. The lowest BCUT2D eigenvalue weighted by Gasteiger charge is -2.22. The topological polar surface area (TPSA) is 81.3 Å². The van der Waals surface area contributed by atoms with E-state index in [1.807, 2.05) is 6.20 Å². The van der Waals surface area contributed by atoms with Gasteiger partial charge >= 0.3 is 0 Å². The summed E-state index contributed by atoms with van der Waals surface area (Å²) in [6.07, 6.45) is 8.98. The van der Waals surface area contributed by atoms with Gasteiger partial charge in [0.2, 0.25) is 5.91 Å². The number of guanidine groups is 1. The molecule has 0 radical (unpaired) electrons. The van der Waals surface area contributed by atoms with Crippen molar-refractivity contribution >= 4 is 46.7 Å². The predicted octanol–water partition coefficient (Wildman–Crippen LogP) is 3.47. The van der Waals surface area contributed by atoms with E-state index in [0.717, 1.165) is 35.7 Å². The van der Waals surface area contributed by atoms with Crippen LogP contribution < -0.4 is 16.0 Å². The number of nitrogens with one attached hydrogen (secondary N) is 4. The minimum atomic E-state index is -0.231. The summed E-state index contributed by atoms with van der Waals surface area (Å²) in [5.41, 5.74) is 1.99. The van der Waals surface area contributed by atoms with Crippen molar-refractivity contribution in [1.82, 2.24) is 20.9 Å². The molecule has 0 unspecified atom stereocenters. The van der Waals surface area contributed by atoms with E-state index in [-0.39, 0.29) is 35.7 Å². The molecule has 1 heterocycles. The Labute approximate surface area is 188 Å². The Morgan fingerprint density at radius 1 is 1.21 bits per heavy atom. The molecule has 0 atom stereocenters. The van der Waals surface area contributed by atoms with Crippen LogP contribution in [-0.2, 0) is 11.2 Å². The fourth-order valence-corrected chi connectivity index (χ4v) is 3.73. The van der Waals surface area contributed by atoms with Crippen molar-refractivity contribution in [2.75, 3.05) is 20.1 Å². The largest absolute Gasteiger partial charge is 0.361 e. The van der Waals surface area contributed by atoms with Crippen LogP contribution in [-0.4, -0.2) is 43.0 Å². The van der Waals surface area contributed by atoms with E-state index >= 15 is 0 Å². The van der Waals surface area contributed by atoms with Crippen molar-refractivity contribution in [1.29, 1.82) is 0 Å². The molecular weight excluding hydrogens is 484 g/mol. The second-order valence-corrected chi connectivity index (χ2v) is 7.33. The number of H-pyrrole nitrogens is 1. The molecule has 8 heteroatoms. The third kappa shape index (κ3) is 7.17. The Morgan fingerprint density at radius 2 is 1.97 bits per heavy atom. The van der Waals surface area contributed by atoms with Crippen LogP contribution in [0.15, 0.2) is 29.4 Å². The lowest BCUT2D eigenvalue weighted by molar-refractivity contribution is -0.121. The molecule has 1 amide bonds. The molecule has 3 rings (SSSR count). The van der Waals surface area contributed by atoms with E-state index in [0.29, 0.717) is 31.5 Å². The zero-order valence-electron chi connectivity index (χ0n) is 16.9. The fraction of sp³-hybridized carbons (Fsp3) is 0.524. The first kappa shape index (κ1) is 23.4. The molecule has 0 aliphatic heterocycles. The van der Waals surface area contributed by atoms with Crippen molar-refractivity contribution < 1.29 is 9.18 Å². The van der Waals surface area contributed by atoms with Gasteiger partial charge in [0.15, 0.2) is 5.96 Å². The monoisotopic (exact) mass is 515 g/mol. The third-order valence-electron chi connectivity index (χ3n) is 5.25. The van der Waals surface area contributed by atoms with Gasteiger partial charge in [0.1, 0.15) is 5.82 Å². The smallest absolute Gasteiger partial charge is 0.221 e. The lowest BCUT2D eigenvalue weighted by Crippen LogP contribution is -2.41. The van der Waals surface area contributed by atoms with Gasteiger partial charge in [-0.15, -0.1) is 24.0 Å². The van der Waals surface area contributed by atoms with Gasteiger partial charge in [0.05, 0.1) is 0 Å². The maximum atomic E-state index is 13.5. The normalized spacial score (nSPS) is 15.0. The van der Waals surface area contributed by atoms with Crippen molar-refractivity contribution in [3.63, 3.8) is 0 Å². The van der Waals surface area contributed by atoms with E-state index in [1.165, 1.54) is 25.3 Å². The average molecular weight is 515 g/mol. The van der Waals surface area contributed by atoms with Gasteiger partial charge in [0.25, 0.3) is 0 Å². The van der Waals surface area contributed by atoms with Crippen molar-refractivity contribution in [3.8, 4) is 0 Å². The van der Waals surface area contributed by atoms with E-state index in [4.69, 9.17) is 0 Å². The predicted molar refractivity (Wildman–Crippen MR) is 126 cm³/mol. The number of amides is 1. The van der Waals surface area contributed by atoms with E-state index < -0.39 is 0 Å². The number of aromatic amines is 1. The summed E-state index contributed by atoms with van der Waals surface area (Å²) >= 11 is 0. The molecule has 1 aliphatic rings. The first-order chi connectivity index (χ1) is 13.7. The van der Waals surface area contributed by atoms with Crippen LogP contribution in [0.1, 0.15) is 44.1 Å². The molecule has 4 N–H and O–H groups in total. The highest BCUT2D eigenvalue weighted by Crippen LogP contribution is 2.19. The maximum absolute atomic E-state index is 13.5. The van der Waals surface area contributed by atoms with Crippen LogP contribution in [0.4, 0.5) is 4.39 Å². The number of carbonyl (C=O) groups excluding carboxylic acids is 1. The maximum Gasteiger partial charge on any atom is 0.221 e. The number of fused-ring (bicyclic) bond motifs is 1. The molecule has 2 aromatic rings. The van der Waals surface area contributed by atoms with Crippen LogP contribution in [0.3, 0.4) is 0 Å². The minimum Gasteiger partial charge on any atom is -0.361 e. The third-order valence-corrected chi connectivity index (χ3v) is 5.25. The quantitative estimate of drug-likeness (QED) is 0.259. The van der Waals surface area contributed by atoms with Crippen LogP contribution in [0.25, 0.3) is 10.9 Å². The Kier molecular flexibility index (Phi) is 9.69. The highest BCUT2D eigenvalue weighted by molar-refractivity contribution is 14.0. The zero-order chi connectivity index (χ0) is 19.8. The molecule has 6 nitrogen and oxygen atoms in total. The molecule has 0 bridgehead atoms. The summed E-state index contributed by atoms with van der Waals surface area (Å²) in [6.45, 7) is 1.20. The highest BCUT2D eigenvalue weighted by atomic mass is 127. The Hall–Kier alpha value is -1.84. The molecule has 29 heavy (non-hydrogen) atoms. The van der Waals surface area contributed by atoms with E-state index in [9.17, 15) is 9.18 Å². The average Bonchev–Trinajstić information content (AvgIpc) is 3.09. The van der Waals surface area contributed by atoms with Gasteiger partial charge in [-0.2, -0.15) is 0 Å². The number of nitrogens with zero attached hydrogens (tertiary/aromatic N) is 1. The number of rotatable bonds is 7. The van der Waals surface area contributed by atoms with Crippen LogP contribution in [0.2, 0.25) is 0 Å². The highest BCUT2D eigenvalue weighted by Gasteiger charge is 2.15. The summed E-state index contributed by atoms with van der Waals surface area (Å²) in [4.78, 5) is 19.4. The van der Waals surface area contributed by atoms with Crippen molar-refractivity contribution in [2.45, 2.75) is 51.0 Å². The van der Waals surface area contributed by atoms with Crippen LogP contribution in [0.5, 0.6) is 0 Å². The summed E-state index contributed by atoms with van der Waals surface area (Å²) in [5.74, 6) is 0.525. The van der Waals surface area contributed by atoms with Gasteiger partial charge in [-0.3, -0.25) is 9.79 Å². The number of aromatic nitrogens is 1. The van der Waals surface area contributed by atoms with E-state index in [1.54, 1.807) is 19.2 Å². The number of carbonyl (C=O) groups is 1. The first-order valence-corrected chi connectivity index (χ1v) is 10.1. The number of hydrogen-bond acceptors (Lipinski definition) is 2. The van der Waals surface area contributed by atoms with Gasteiger partial charge in [-0.05, 0) is 43.0 Å².